The van der Waals surface area contributed by atoms with Crippen LogP contribution < -0.4 is 5.32 Å². The van der Waals surface area contributed by atoms with E-state index in [4.69, 9.17) is 0 Å². The van der Waals surface area contributed by atoms with Crippen molar-refractivity contribution in [2.24, 2.45) is 0 Å². The lowest BCUT2D eigenvalue weighted by atomic mass is 10.00. The summed E-state index contributed by atoms with van der Waals surface area (Å²) >= 11 is 1.68. The predicted octanol–water partition coefficient (Wildman–Crippen LogP) is 4.62. The molecule has 0 aliphatic heterocycles. The van der Waals surface area contributed by atoms with Crippen LogP contribution in [0.2, 0.25) is 0 Å². The van der Waals surface area contributed by atoms with Gasteiger partial charge in [-0.3, -0.25) is 0 Å². The molecule has 0 amide bonds. The van der Waals surface area contributed by atoms with Crippen LogP contribution in [0.3, 0.4) is 0 Å². The van der Waals surface area contributed by atoms with Crippen LogP contribution in [-0.4, -0.2) is 6.54 Å². The van der Waals surface area contributed by atoms with Crippen molar-refractivity contribution in [3.63, 3.8) is 0 Å². The van der Waals surface area contributed by atoms with E-state index in [9.17, 15) is 8.78 Å². The number of hydrogen-bond acceptors (Lipinski definition) is 2. The number of benzene rings is 1. The normalized spacial score (nSPS) is 12.6. The molecule has 1 aromatic heterocycles. The molecule has 1 nitrogen and oxygen atoms in total. The molecule has 1 unspecified atom stereocenters. The number of rotatable bonds is 6. The van der Waals surface area contributed by atoms with Gasteiger partial charge in [0.1, 0.15) is 0 Å². The fourth-order valence-electron chi connectivity index (χ4n) is 2.20. The monoisotopic (exact) mass is 295 g/mol. The summed E-state index contributed by atoms with van der Waals surface area (Å²) in [6, 6.07) is 6.50. The largest absolute Gasteiger partial charge is 0.310 e. The summed E-state index contributed by atoms with van der Waals surface area (Å²) in [7, 11) is 0. The Bertz CT molecular complexity index is 565. The highest BCUT2D eigenvalue weighted by Gasteiger charge is 2.16. The van der Waals surface area contributed by atoms with Gasteiger partial charge in [0, 0.05) is 10.9 Å². The van der Waals surface area contributed by atoms with E-state index in [-0.39, 0.29) is 6.04 Å². The number of hydrogen-bond donors (Lipinski definition) is 1. The fraction of sp³-hybridized carbons (Fsp3) is 0.375. The van der Waals surface area contributed by atoms with E-state index in [0.717, 1.165) is 24.6 Å². The molecule has 1 atom stereocenters. The van der Waals surface area contributed by atoms with E-state index in [1.54, 1.807) is 23.5 Å². The maximum atomic E-state index is 13.8. The van der Waals surface area contributed by atoms with E-state index in [0.29, 0.717) is 12.0 Å². The second kappa shape index (κ2) is 6.95. The highest BCUT2D eigenvalue weighted by Crippen LogP contribution is 2.25. The average molecular weight is 295 g/mol. The quantitative estimate of drug-likeness (QED) is 0.820. The van der Waals surface area contributed by atoms with Crippen molar-refractivity contribution in [2.75, 3.05) is 6.54 Å². The second-order valence-electron chi connectivity index (χ2n) is 4.91. The smallest absolute Gasteiger partial charge is 0.162 e. The van der Waals surface area contributed by atoms with Crippen LogP contribution >= 0.6 is 11.3 Å². The van der Waals surface area contributed by atoms with Gasteiger partial charge < -0.3 is 5.32 Å². The van der Waals surface area contributed by atoms with Crippen LogP contribution in [0.4, 0.5) is 8.78 Å². The van der Waals surface area contributed by atoms with E-state index >= 15 is 0 Å². The van der Waals surface area contributed by atoms with Gasteiger partial charge in [-0.15, -0.1) is 11.3 Å². The SMILES string of the molecule is CCCNC(Cc1cccc(F)c1F)c1csc(C)c1. The molecule has 0 spiro atoms. The van der Waals surface area contributed by atoms with Gasteiger partial charge in [0.25, 0.3) is 0 Å². The zero-order valence-corrected chi connectivity index (χ0v) is 12.6. The van der Waals surface area contributed by atoms with Gasteiger partial charge in [0.15, 0.2) is 11.6 Å². The Morgan fingerprint density at radius 2 is 2.10 bits per heavy atom. The van der Waals surface area contributed by atoms with Crippen LogP contribution in [0.15, 0.2) is 29.6 Å². The molecule has 20 heavy (non-hydrogen) atoms. The summed E-state index contributed by atoms with van der Waals surface area (Å²) in [6.07, 6.45) is 1.46. The number of nitrogens with one attached hydrogen (secondary N) is 1. The third-order valence-electron chi connectivity index (χ3n) is 3.25. The minimum Gasteiger partial charge on any atom is -0.310 e. The Kier molecular flexibility index (Phi) is 5.26. The lowest BCUT2D eigenvalue weighted by molar-refractivity contribution is 0.477. The van der Waals surface area contributed by atoms with Gasteiger partial charge in [0.05, 0.1) is 0 Å². The molecular formula is C16H19F2NS. The molecule has 2 aromatic rings. The lowest BCUT2D eigenvalue weighted by Gasteiger charge is -2.18. The Morgan fingerprint density at radius 1 is 1.30 bits per heavy atom. The van der Waals surface area contributed by atoms with Gasteiger partial charge in [-0.05, 0) is 54.9 Å². The maximum absolute atomic E-state index is 13.8. The number of halogens is 2. The van der Waals surface area contributed by atoms with Crippen molar-refractivity contribution >= 4 is 11.3 Å². The van der Waals surface area contributed by atoms with Gasteiger partial charge in [-0.1, -0.05) is 19.1 Å². The maximum Gasteiger partial charge on any atom is 0.162 e. The summed E-state index contributed by atoms with van der Waals surface area (Å²) in [6.45, 7) is 5.00. The molecule has 0 bridgehead atoms. The molecule has 2 rings (SSSR count). The Balaban J connectivity index is 2.21. The van der Waals surface area contributed by atoms with Gasteiger partial charge >= 0.3 is 0 Å². The van der Waals surface area contributed by atoms with Crippen LogP contribution in [0.5, 0.6) is 0 Å². The molecule has 0 aliphatic carbocycles. The van der Waals surface area contributed by atoms with Crippen molar-refractivity contribution in [3.8, 4) is 0 Å². The number of aryl methyl sites for hydroxylation is 1. The standard InChI is InChI=1S/C16H19F2NS/c1-3-7-19-15(13-8-11(2)20-10-13)9-12-5-4-6-14(17)16(12)18/h4-6,8,10,15,19H,3,7,9H2,1-2H3. The zero-order valence-electron chi connectivity index (χ0n) is 11.7. The van der Waals surface area contributed by atoms with E-state index < -0.39 is 11.6 Å². The molecule has 1 N–H and O–H groups in total. The molecule has 1 heterocycles. The van der Waals surface area contributed by atoms with Crippen LogP contribution in [0.25, 0.3) is 0 Å². The van der Waals surface area contributed by atoms with E-state index in [1.165, 1.54) is 4.88 Å². The van der Waals surface area contributed by atoms with Crippen LogP contribution in [0, 0.1) is 18.6 Å². The Labute approximate surface area is 122 Å². The molecule has 0 saturated carbocycles. The Hall–Kier alpha value is -1.26. The summed E-state index contributed by atoms with van der Waals surface area (Å²) in [5.41, 5.74) is 1.56. The first-order valence-corrected chi connectivity index (χ1v) is 7.71. The predicted molar refractivity (Wildman–Crippen MR) is 80.2 cm³/mol. The van der Waals surface area contributed by atoms with Crippen LogP contribution in [0.1, 0.15) is 35.4 Å². The zero-order chi connectivity index (χ0) is 14.5. The number of thiophene rings is 1. The minimum atomic E-state index is -0.779. The molecule has 0 saturated heterocycles. The summed E-state index contributed by atoms with van der Waals surface area (Å²) in [5.74, 6) is -1.51. The van der Waals surface area contributed by atoms with Gasteiger partial charge in [-0.2, -0.15) is 0 Å². The molecule has 1 aromatic carbocycles. The summed E-state index contributed by atoms with van der Waals surface area (Å²) in [4.78, 5) is 1.23. The van der Waals surface area contributed by atoms with Crippen molar-refractivity contribution in [3.05, 3.63) is 57.3 Å². The van der Waals surface area contributed by atoms with Crippen LogP contribution in [-0.2, 0) is 6.42 Å². The third-order valence-corrected chi connectivity index (χ3v) is 4.13. The highest BCUT2D eigenvalue weighted by molar-refractivity contribution is 7.10. The van der Waals surface area contributed by atoms with Crippen molar-refractivity contribution < 1.29 is 8.78 Å². The molecule has 0 radical (unpaired) electrons. The van der Waals surface area contributed by atoms with E-state index in [1.807, 2.05) is 6.92 Å². The summed E-state index contributed by atoms with van der Waals surface area (Å²) < 4.78 is 27.1. The fourth-order valence-corrected chi connectivity index (χ4v) is 2.96. The van der Waals surface area contributed by atoms with Gasteiger partial charge in [0.2, 0.25) is 0 Å². The highest BCUT2D eigenvalue weighted by atomic mass is 32.1. The minimum absolute atomic E-state index is 0.0243. The first-order chi connectivity index (χ1) is 9.61. The van der Waals surface area contributed by atoms with Crippen molar-refractivity contribution in [1.82, 2.24) is 5.32 Å². The molecule has 0 aliphatic rings. The molecule has 4 heteroatoms. The molecule has 0 fully saturated rings. The second-order valence-corrected chi connectivity index (χ2v) is 6.03. The molecule has 108 valence electrons. The first kappa shape index (κ1) is 15.1. The summed E-state index contributed by atoms with van der Waals surface area (Å²) in [5, 5.41) is 5.49. The lowest BCUT2D eigenvalue weighted by Crippen LogP contribution is -2.24. The van der Waals surface area contributed by atoms with E-state index in [2.05, 4.69) is 23.7 Å². The molecular weight excluding hydrogens is 276 g/mol. The average Bonchev–Trinajstić information content (AvgIpc) is 2.86. The Morgan fingerprint density at radius 3 is 2.75 bits per heavy atom. The third kappa shape index (κ3) is 3.64. The van der Waals surface area contributed by atoms with Gasteiger partial charge in [-0.25, -0.2) is 8.78 Å². The topological polar surface area (TPSA) is 12.0 Å². The van der Waals surface area contributed by atoms with Crippen molar-refractivity contribution in [1.29, 1.82) is 0 Å². The first-order valence-electron chi connectivity index (χ1n) is 6.83. The van der Waals surface area contributed by atoms with Crippen molar-refractivity contribution in [2.45, 2.75) is 32.7 Å².